The first-order valence-electron chi connectivity index (χ1n) is 4.65. The molecular formula is C10H15N3. The quantitative estimate of drug-likeness (QED) is 0.565. The Morgan fingerprint density at radius 2 is 2.23 bits per heavy atom. The van der Waals surface area contributed by atoms with Gasteiger partial charge in [0.2, 0.25) is 0 Å². The molecule has 0 bridgehead atoms. The second kappa shape index (κ2) is 2.69. The van der Waals surface area contributed by atoms with Gasteiger partial charge in [0.05, 0.1) is 6.54 Å². The van der Waals surface area contributed by atoms with Gasteiger partial charge in [-0.25, -0.2) is 9.67 Å². The molecule has 1 aliphatic heterocycles. The molecule has 0 radical (unpaired) electrons. The van der Waals surface area contributed by atoms with Gasteiger partial charge in [-0.2, -0.15) is 5.10 Å². The van der Waals surface area contributed by atoms with Crippen molar-refractivity contribution in [3.8, 4) is 0 Å². The second-order valence-electron chi connectivity index (χ2n) is 4.33. The van der Waals surface area contributed by atoms with Crippen LogP contribution in [-0.4, -0.2) is 14.8 Å². The van der Waals surface area contributed by atoms with E-state index in [1.165, 1.54) is 0 Å². The van der Waals surface area contributed by atoms with E-state index in [1.807, 2.05) is 11.6 Å². The van der Waals surface area contributed by atoms with Crippen LogP contribution >= 0.6 is 0 Å². The summed E-state index contributed by atoms with van der Waals surface area (Å²) < 4.78 is 1.99. The molecule has 0 spiro atoms. The van der Waals surface area contributed by atoms with E-state index in [0.29, 0.717) is 0 Å². The van der Waals surface area contributed by atoms with E-state index in [1.54, 1.807) is 0 Å². The fraction of sp³-hybridized carbons (Fsp3) is 0.600. The van der Waals surface area contributed by atoms with E-state index in [4.69, 9.17) is 0 Å². The summed E-state index contributed by atoms with van der Waals surface area (Å²) in [5.41, 5.74) is 0.216. The molecule has 0 atom stereocenters. The molecule has 70 valence electrons. The Bertz CT molecular complexity index is 347. The molecule has 13 heavy (non-hydrogen) atoms. The monoisotopic (exact) mass is 177 g/mol. The molecule has 2 heterocycles. The number of fused-ring (bicyclic) bond motifs is 1. The van der Waals surface area contributed by atoms with Gasteiger partial charge in [0.25, 0.3) is 0 Å². The highest BCUT2D eigenvalue weighted by molar-refractivity contribution is 5.07. The molecule has 2 rings (SSSR count). The molecule has 0 N–H and O–H groups in total. The second-order valence-corrected chi connectivity index (χ2v) is 4.33. The number of hydrogen-bond acceptors (Lipinski definition) is 2. The summed E-state index contributed by atoms with van der Waals surface area (Å²) in [7, 11) is 0. The molecular weight excluding hydrogens is 162 g/mol. The van der Waals surface area contributed by atoms with Crippen molar-refractivity contribution in [2.75, 3.05) is 0 Å². The SMILES string of the molecule is Cc1nc2n(n1)CC=CC(C)(C)C2. The van der Waals surface area contributed by atoms with Gasteiger partial charge in [0, 0.05) is 6.42 Å². The molecule has 0 saturated heterocycles. The van der Waals surface area contributed by atoms with E-state index < -0.39 is 0 Å². The highest BCUT2D eigenvalue weighted by Crippen LogP contribution is 2.24. The van der Waals surface area contributed by atoms with Crippen LogP contribution in [0.15, 0.2) is 12.2 Å². The minimum absolute atomic E-state index is 0.216. The first-order valence-corrected chi connectivity index (χ1v) is 4.65. The molecule has 0 fully saturated rings. The largest absolute Gasteiger partial charge is 0.246 e. The van der Waals surface area contributed by atoms with E-state index in [0.717, 1.165) is 24.6 Å². The molecule has 0 aromatic carbocycles. The lowest BCUT2D eigenvalue weighted by atomic mass is 9.89. The Morgan fingerprint density at radius 3 is 3.00 bits per heavy atom. The van der Waals surface area contributed by atoms with Gasteiger partial charge in [-0.15, -0.1) is 0 Å². The molecule has 3 nitrogen and oxygen atoms in total. The number of nitrogens with zero attached hydrogens (tertiary/aromatic N) is 3. The third kappa shape index (κ3) is 1.64. The average Bonchev–Trinajstić information content (AvgIpc) is 2.23. The van der Waals surface area contributed by atoms with Gasteiger partial charge in [0.15, 0.2) is 0 Å². The third-order valence-corrected chi connectivity index (χ3v) is 2.32. The lowest BCUT2D eigenvalue weighted by Gasteiger charge is -2.16. The number of rotatable bonds is 0. The summed E-state index contributed by atoms with van der Waals surface area (Å²) >= 11 is 0. The maximum absolute atomic E-state index is 4.42. The minimum atomic E-state index is 0.216. The minimum Gasteiger partial charge on any atom is -0.246 e. The lowest BCUT2D eigenvalue weighted by molar-refractivity contribution is 0.460. The van der Waals surface area contributed by atoms with Crippen LogP contribution in [0.1, 0.15) is 25.5 Å². The van der Waals surface area contributed by atoms with Gasteiger partial charge in [-0.1, -0.05) is 26.0 Å². The Balaban J connectivity index is 2.40. The van der Waals surface area contributed by atoms with Gasteiger partial charge in [0.1, 0.15) is 11.6 Å². The topological polar surface area (TPSA) is 30.7 Å². The highest BCUT2D eigenvalue weighted by Gasteiger charge is 2.21. The van der Waals surface area contributed by atoms with Crippen molar-refractivity contribution >= 4 is 0 Å². The fourth-order valence-corrected chi connectivity index (χ4v) is 1.71. The van der Waals surface area contributed by atoms with Gasteiger partial charge >= 0.3 is 0 Å². The van der Waals surface area contributed by atoms with Crippen molar-refractivity contribution in [2.45, 2.75) is 33.7 Å². The smallest absolute Gasteiger partial charge is 0.147 e. The molecule has 1 aliphatic rings. The van der Waals surface area contributed by atoms with E-state index in [-0.39, 0.29) is 5.41 Å². The molecule has 1 aromatic rings. The average molecular weight is 177 g/mol. The van der Waals surface area contributed by atoms with Gasteiger partial charge < -0.3 is 0 Å². The number of allylic oxidation sites excluding steroid dienone is 2. The zero-order valence-corrected chi connectivity index (χ0v) is 8.41. The molecule has 1 aromatic heterocycles. The predicted octanol–water partition coefficient (Wildman–Crippen LogP) is 1.73. The molecule has 0 unspecified atom stereocenters. The summed E-state index contributed by atoms with van der Waals surface area (Å²) in [6, 6.07) is 0. The van der Waals surface area contributed by atoms with Crippen LogP contribution in [0.3, 0.4) is 0 Å². The summed E-state index contributed by atoms with van der Waals surface area (Å²) in [5.74, 6) is 1.98. The van der Waals surface area contributed by atoms with Crippen molar-refractivity contribution in [1.82, 2.24) is 14.8 Å². The molecule has 3 heteroatoms. The molecule has 0 saturated carbocycles. The maximum atomic E-state index is 4.42. The summed E-state index contributed by atoms with van der Waals surface area (Å²) in [6.07, 6.45) is 5.40. The maximum Gasteiger partial charge on any atom is 0.147 e. The number of aryl methyl sites for hydroxylation is 1. The Hall–Kier alpha value is -1.12. The number of hydrogen-bond donors (Lipinski definition) is 0. The molecule has 0 amide bonds. The van der Waals surface area contributed by atoms with Crippen LogP contribution < -0.4 is 0 Å². The van der Waals surface area contributed by atoms with Crippen molar-refractivity contribution in [3.05, 3.63) is 23.8 Å². The Labute approximate surface area is 78.5 Å². The van der Waals surface area contributed by atoms with E-state index >= 15 is 0 Å². The van der Waals surface area contributed by atoms with Gasteiger partial charge in [-0.3, -0.25) is 0 Å². The summed E-state index contributed by atoms with van der Waals surface area (Å²) in [5, 5.41) is 4.33. The van der Waals surface area contributed by atoms with E-state index in [2.05, 4.69) is 36.1 Å². The lowest BCUT2D eigenvalue weighted by Crippen LogP contribution is -2.13. The van der Waals surface area contributed by atoms with Crippen LogP contribution in [-0.2, 0) is 13.0 Å². The van der Waals surface area contributed by atoms with Crippen molar-refractivity contribution in [1.29, 1.82) is 0 Å². The van der Waals surface area contributed by atoms with Crippen LogP contribution in [0.25, 0.3) is 0 Å². The van der Waals surface area contributed by atoms with Crippen LogP contribution in [0, 0.1) is 12.3 Å². The van der Waals surface area contributed by atoms with Crippen LogP contribution in [0.5, 0.6) is 0 Å². The van der Waals surface area contributed by atoms with Crippen molar-refractivity contribution in [3.63, 3.8) is 0 Å². The van der Waals surface area contributed by atoms with Gasteiger partial charge in [-0.05, 0) is 12.3 Å². The fourth-order valence-electron chi connectivity index (χ4n) is 1.71. The number of aromatic nitrogens is 3. The summed E-state index contributed by atoms with van der Waals surface area (Å²) in [4.78, 5) is 4.42. The van der Waals surface area contributed by atoms with E-state index in [9.17, 15) is 0 Å². The zero-order valence-electron chi connectivity index (χ0n) is 8.41. The Kier molecular flexibility index (Phi) is 1.75. The van der Waals surface area contributed by atoms with Crippen LogP contribution in [0.4, 0.5) is 0 Å². The van der Waals surface area contributed by atoms with Crippen molar-refractivity contribution < 1.29 is 0 Å². The van der Waals surface area contributed by atoms with Crippen LogP contribution in [0.2, 0.25) is 0 Å². The molecule has 0 aliphatic carbocycles. The standard InChI is InChI=1S/C10H15N3/c1-8-11-9-7-10(2,3)5-4-6-13(9)12-8/h4-5H,6-7H2,1-3H3. The normalized spacial score (nSPS) is 19.6. The summed E-state index contributed by atoms with van der Waals surface area (Å²) in [6.45, 7) is 7.25. The van der Waals surface area contributed by atoms with Crippen molar-refractivity contribution in [2.24, 2.45) is 5.41 Å². The predicted molar refractivity (Wildman–Crippen MR) is 51.4 cm³/mol. The first kappa shape index (κ1) is 8.48. The Morgan fingerprint density at radius 1 is 1.46 bits per heavy atom. The first-order chi connectivity index (χ1) is 6.07. The highest BCUT2D eigenvalue weighted by atomic mass is 15.3. The third-order valence-electron chi connectivity index (χ3n) is 2.32. The zero-order chi connectivity index (χ0) is 9.47.